The van der Waals surface area contributed by atoms with E-state index in [-0.39, 0.29) is 0 Å². The molecule has 1 saturated heterocycles. The Morgan fingerprint density at radius 1 is 1.16 bits per heavy atom. The fraction of sp³-hybridized carbons (Fsp3) is 0.647. The summed E-state index contributed by atoms with van der Waals surface area (Å²) in [5.41, 5.74) is 4.66. The number of hydrogen-bond acceptors (Lipinski definition) is 2. The lowest BCUT2D eigenvalue weighted by Crippen LogP contribution is -2.47. The van der Waals surface area contributed by atoms with Crippen molar-refractivity contribution in [3.63, 3.8) is 0 Å². The largest absolute Gasteiger partial charge is 0.314 e. The second kappa shape index (κ2) is 6.06. The molecule has 0 amide bonds. The van der Waals surface area contributed by atoms with Crippen molar-refractivity contribution in [2.24, 2.45) is 5.41 Å². The van der Waals surface area contributed by atoms with Gasteiger partial charge < -0.3 is 10.2 Å². The average molecular weight is 260 g/mol. The fourth-order valence-electron chi connectivity index (χ4n) is 3.04. The van der Waals surface area contributed by atoms with Crippen LogP contribution in [0.1, 0.15) is 30.5 Å². The molecule has 1 N–H and O–H groups in total. The van der Waals surface area contributed by atoms with Gasteiger partial charge in [0.15, 0.2) is 0 Å². The molecule has 0 spiro atoms. The van der Waals surface area contributed by atoms with Crippen molar-refractivity contribution in [2.75, 3.05) is 32.7 Å². The van der Waals surface area contributed by atoms with Crippen LogP contribution < -0.4 is 5.32 Å². The van der Waals surface area contributed by atoms with Crippen LogP contribution in [0, 0.1) is 19.3 Å². The molecule has 2 heteroatoms. The standard InChI is InChI=1S/C17H28N2/c1-14-5-6-15(2)16(11-14)12-17(3,4)13-19-9-7-18-8-10-19/h5-6,11,18H,7-10,12-13H2,1-4H3. The number of nitrogens with zero attached hydrogens (tertiary/aromatic N) is 1. The minimum absolute atomic E-state index is 0.343. The predicted molar refractivity (Wildman–Crippen MR) is 82.7 cm³/mol. The third kappa shape index (κ3) is 4.32. The smallest absolute Gasteiger partial charge is 0.0108 e. The van der Waals surface area contributed by atoms with Gasteiger partial charge in [-0.1, -0.05) is 37.6 Å². The highest BCUT2D eigenvalue weighted by atomic mass is 15.2. The van der Waals surface area contributed by atoms with Gasteiger partial charge in [0.1, 0.15) is 0 Å². The van der Waals surface area contributed by atoms with E-state index in [4.69, 9.17) is 0 Å². The molecule has 1 aliphatic rings. The van der Waals surface area contributed by atoms with Crippen molar-refractivity contribution in [3.8, 4) is 0 Å². The van der Waals surface area contributed by atoms with E-state index in [0.717, 1.165) is 13.1 Å². The molecule has 1 heterocycles. The van der Waals surface area contributed by atoms with Crippen LogP contribution in [0.25, 0.3) is 0 Å². The molecule has 106 valence electrons. The molecule has 0 unspecified atom stereocenters. The zero-order valence-corrected chi connectivity index (χ0v) is 12.9. The number of benzene rings is 1. The first kappa shape index (κ1) is 14.5. The van der Waals surface area contributed by atoms with Gasteiger partial charge in [-0.25, -0.2) is 0 Å². The molecule has 1 fully saturated rings. The van der Waals surface area contributed by atoms with E-state index >= 15 is 0 Å². The van der Waals surface area contributed by atoms with Crippen LogP contribution in [-0.2, 0) is 6.42 Å². The molecular formula is C17H28N2. The topological polar surface area (TPSA) is 15.3 Å². The normalized spacial score (nSPS) is 17.7. The molecule has 0 saturated carbocycles. The van der Waals surface area contributed by atoms with Crippen LogP contribution in [-0.4, -0.2) is 37.6 Å². The van der Waals surface area contributed by atoms with Crippen LogP contribution in [0.4, 0.5) is 0 Å². The summed E-state index contributed by atoms with van der Waals surface area (Å²) >= 11 is 0. The third-order valence-electron chi connectivity index (χ3n) is 4.03. The van der Waals surface area contributed by atoms with Crippen molar-refractivity contribution < 1.29 is 0 Å². The maximum Gasteiger partial charge on any atom is 0.0108 e. The Kier molecular flexibility index (Phi) is 4.64. The molecule has 0 bridgehead atoms. The molecule has 1 aliphatic heterocycles. The molecule has 1 aromatic carbocycles. The second-order valence-electron chi connectivity index (χ2n) is 6.80. The van der Waals surface area contributed by atoms with Crippen LogP contribution >= 0.6 is 0 Å². The highest BCUT2D eigenvalue weighted by Gasteiger charge is 2.23. The van der Waals surface area contributed by atoms with Gasteiger partial charge >= 0.3 is 0 Å². The number of nitrogens with one attached hydrogen (secondary N) is 1. The zero-order chi connectivity index (χ0) is 13.9. The molecule has 0 radical (unpaired) electrons. The lowest BCUT2D eigenvalue weighted by molar-refractivity contribution is 0.160. The van der Waals surface area contributed by atoms with E-state index in [1.807, 2.05) is 0 Å². The van der Waals surface area contributed by atoms with Crippen molar-refractivity contribution >= 4 is 0 Å². The summed E-state index contributed by atoms with van der Waals surface area (Å²) in [7, 11) is 0. The molecule has 0 atom stereocenters. The number of aryl methyl sites for hydroxylation is 2. The summed E-state index contributed by atoms with van der Waals surface area (Å²) in [6.07, 6.45) is 1.17. The molecule has 2 rings (SSSR count). The summed E-state index contributed by atoms with van der Waals surface area (Å²) in [4.78, 5) is 2.60. The molecule has 1 aromatic rings. The minimum Gasteiger partial charge on any atom is -0.314 e. The molecular weight excluding hydrogens is 232 g/mol. The Bertz CT molecular complexity index is 417. The van der Waals surface area contributed by atoms with Gasteiger partial charge in [-0.15, -0.1) is 0 Å². The monoisotopic (exact) mass is 260 g/mol. The summed E-state index contributed by atoms with van der Waals surface area (Å²) < 4.78 is 0. The third-order valence-corrected chi connectivity index (χ3v) is 4.03. The maximum atomic E-state index is 3.43. The summed E-state index contributed by atoms with van der Waals surface area (Å²) in [5, 5.41) is 3.43. The van der Waals surface area contributed by atoms with E-state index in [1.54, 1.807) is 0 Å². The van der Waals surface area contributed by atoms with Gasteiger partial charge in [0, 0.05) is 32.7 Å². The van der Waals surface area contributed by atoms with Gasteiger partial charge in [-0.05, 0) is 36.8 Å². The predicted octanol–water partition coefficient (Wildman–Crippen LogP) is 2.78. The minimum atomic E-state index is 0.343. The first-order chi connectivity index (χ1) is 8.96. The molecule has 19 heavy (non-hydrogen) atoms. The average Bonchev–Trinajstić information content (AvgIpc) is 2.34. The first-order valence-corrected chi connectivity index (χ1v) is 7.45. The SMILES string of the molecule is Cc1ccc(C)c(CC(C)(C)CN2CCNCC2)c1. The zero-order valence-electron chi connectivity index (χ0n) is 12.9. The summed E-state index contributed by atoms with van der Waals surface area (Å²) in [6.45, 7) is 15.1. The van der Waals surface area contributed by atoms with Gasteiger partial charge in [-0.3, -0.25) is 0 Å². The Hall–Kier alpha value is -0.860. The Labute approximate surface area is 118 Å². The van der Waals surface area contributed by atoms with E-state index < -0.39 is 0 Å². The highest BCUT2D eigenvalue weighted by Crippen LogP contribution is 2.25. The molecule has 0 aliphatic carbocycles. The molecule has 2 nitrogen and oxygen atoms in total. The Balaban J connectivity index is 2.00. The highest BCUT2D eigenvalue weighted by molar-refractivity contribution is 5.31. The Morgan fingerprint density at radius 2 is 1.84 bits per heavy atom. The van der Waals surface area contributed by atoms with Crippen molar-refractivity contribution in [1.29, 1.82) is 0 Å². The lowest BCUT2D eigenvalue weighted by Gasteiger charge is -2.35. The van der Waals surface area contributed by atoms with Crippen LogP contribution in [0.3, 0.4) is 0 Å². The maximum absolute atomic E-state index is 3.43. The summed E-state index contributed by atoms with van der Waals surface area (Å²) in [6, 6.07) is 6.82. The second-order valence-corrected chi connectivity index (χ2v) is 6.80. The first-order valence-electron chi connectivity index (χ1n) is 7.45. The van der Waals surface area contributed by atoms with E-state index in [9.17, 15) is 0 Å². The number of rotatable bonds is 4. The van der Waals surface area contributed by atoms with Gasteiger partial charge in [0.2, 0.25) is 0 Å². The van der Waals surface area contributed by atoms with Gasteiger partial charge in [0.05, 0.1) is 0 Å². The number of hydrogen-bond donors (Lipinski definition) is 1. The van der Waals surface area contributed by atoms with Crippen molar-refractivity contribution in [2.45, 2.75) is 34.1 Å². The van der Waals surface area contributed by atoms with Gasteiger partial charge in [-0.2, -0.15) is 0 Å². The van der Waals surface area contributed by atoms with E-state index in [1.165, 1.54) is 42.7 Å². The van der Waals surface area contributed by atoms with Gasteiger partial charge in [0.25, 0.3) is 0 Å². The van der Waals surface area contributed by atoms with E-state index in [0.29, 0.717) is 5.41 Å². The van der Waals surface area contributed by atoms with Crippen molar-refractivity contribution in [3.05, 3.63) is 34.9 Å². The van der Waals surface area contributed by atoms with Crippen LogP contribution in [0.2, 0.25) is 0 Å². The van der Waals surface area contributed by atoms with Crippen LogP contribution in [0.5, 0.6) is 0 Å². The quantitative estimate of drug-likeness (QED) is 0.895. The Morgan fingerprint density at radius 3 is 2.53 bits per heavy atom. The van der Waals surface area contributed by atoms with Crippen LogP contribution in [0.15, 0.2) is 18.2 Å². The number of piperazine rings is 1. The van der Waals surface area contributed by atoms with Crippen molar-refractivity contribution in [1.82, 2.24) is 10.2 Å². The lowest BCUT2D eigenvalue weighted by atomic mass is 9.83. The summed E-state index contributed by atoms with van der Waals surface area (Å²) in [5.74, 6) is 0. The fourth-order valence-corrected chi connectivity index (χ4v) is 3.04. The van der Waals surface area contributed by atoms with E-state index in [2.05, 4.69) is 56.1 Å². The molecule has 0 aromatic heterocycles.